The number of alkyl halides is 1. The lowest BCUT2D eigenvalue weighted by atomic mass is 9.93. The molecule has 2 heterocycles. The molecule has 1 fully saturated rings. The molecule has 0 aliphatic carbocycles. The van der Waals surface area contributed by atoms with E-state index in [1.165, 1.54) is 0 Å². The molecule has 3 nitrogen and oxygen atoms in total. The number of hydrogen-bond acceptors (Lipinski definition) is 2. The van der Waals surface area contributed by atoms with Gasteiger partial charge in [0.25, 0.3) is 0 Å². The highest BCUT2D eigenvalue weighted by Crippen LogP contribution is 2.30. The first-order valence-electron chi connectivity index (χ1n) is 6.30. The maximum Gasteiger partial charge on any atom is 0.133 e. The second-order valence-electron chi connectivity index (χ2n) is 6.03. The van der Waals surface area contributed by atoms with Crippen LogP contribution >= 0.6 is 22.6 Å². The average Bonchev–Trinajstić information content (AvgIpc) is 2.59. The molecule has 18 heavy (non-hydrogen) atoms. The monoisotopic (exact) mass is 366 g/mol. The van der Waals surface area contributed by atoms with E-state index in [1.54, 1.807) is 0 Å². The maximum atomic E-state index is 14.7. The van der Waals surface area contributed by atoms with Crippen LogP contribution in [-0.2, 0) is 16.7 Å². The quantitative estimate of drug-likeness (QED) is 0.751. The fourth-order valence-electron chi connectivity index (χ4n) is 2.30. The highest BCUT2D eigenvalue weighted by Gasteiger charge is 2.34. The lowest BCUT2D eigenvalue weighted by Gasteiger charge is -2.31. The van der Waals surface area contributed by atoms with E-state index < -0.39 is 5.67 Å². The highest BCUT2D eigenvalue weighted by molar-refractivity contribution is 14.1. The van der Waals surface area contributed by atoms with E-state index in [2.05, 4.69) is 48.3 Å². The summed E-state index contributed by atoms with van der Waals surface area (Å²) in [7, 11) is 0. The summed E-state index contributed by atoms with van der Waals surface area (Å²) in [4.78, 5) is 4.53. The zero-order chi connectivity index (χ0) is 13.4. The molecule has 0 aromatic carbocycles. The molecule has 0 amide bonds. The Balaban J connectivity index is 2.23. The van der Waals surface area contributed by atoms with Gasteiger partial charge in [0.05, 0.1) is 6.54 Å². The minimum Gasteiger partial charge on any atom is -0.381 e. The van der Waals surface area contributed by atoms with E-state index in [9.17, 15) is 4.39 Å². The van der Waals surface area contributed by atoms with E-state index in [-0.39, 0.29) is 5.41 Å². The van der Waals surface area contributed by atoms with Crippen LogP contribution in [-0.4, -0.2) is 28.4 Å². The summed E-state index contributed by atoms with van der Waals surface area (Å²) in [5, 5.41) is 0. The van der Waals surface area contributed by atoms with E-state index in [0.717, 1.165) is 9.53 Å². The van der Waals surface area contributed by atoms with Crippen molar-refractivity contribution >= 4 is 22.6 Å². The molecule has 0 radical (unpaired) electrons. The van der Waals surface area contributed by atoms with Gasteiger partial charge in [0, 0.05) is 37.7 Å². The highest BCUT2D eigenvalue weighted by atomic mass is 127. The van der Waals surface area contributed by atoms with Crippen molar-refractivity contribution in [2.24, 2.45) is 0 Å². The first-order chi connectivity index (χ1) is 8.30. The predicted molar refractivity (Wildman–Crippen MR) is 77.5 cm³/mol. The SMILES string of the molecule is CC(C)(C)c1nc(I)cn1CC1(F)CCOCC1. The van der Waals surface area contributed by atoms with E-state index in [1.807, 2.05) is 10.8 Å². The lowest BCUT2D eigenvalue weighted by molar-refractivity contribution is -0.0184. The van der Waals surface area contributed by atoms with Crippen molar-refractivity contribution in [2.75, 3.05) is 13.2 Å². The Kier molecular flexibility index (Phi) is 4.02. The Hall–Kier alpha value is -0.170. The van der Waals surface area contributed by atoms with Gasteiger partial charge in [-0.05, 0) is 22.6 Å². The summed E-state index contributed by atoms with van der Waals surface area (Å²) in [5.41, 5.74) is -1.22. The first-order valence-corrected chi connectivity index (χ1v) is 7.38. The zero-order valence-corrected chi connectivity index (χ0v) is 13.3. The van der Waals surface area contributed by atoms with Gasteiger partial charge < -0.3 is 9.30 Å². The summed E-state index contributed by atoms with van der Waals surface area (Å²) < 4.78 is 22.8. The molecular formula is C13H20FIN2O. The minimum atomic E-state index is -1.15. The Labute approximate surface area is 121 Å². The van der Waals surface area contributed by atoms with Crippen LogP contribution in [0.15, 0.2) is 6.20 Å². The van der Waals surface area contributed by atoms with Crippen molar-refractivity contribution in [3.63, 3.8) is 0 Å². The number of ether oxygens (including phenoxy) is 1. The smallest absolute Gasteiger partial charge is 0.133 e. The van der Waals surface area contributed by atoms with Crippen LogP contribution in [0, 0.1) is 3.70 Å². The van der Waals surface area contributed by atoms with Crippen molar-refractivity contribution in [3.05, 3.63) is 15.7 Å². The standard InChI is InChI=1S/C13H20FIN2O/c1-12(2,3)11-16-10(15)8-17(11)9-13(14)4-6-18-7-5-13/h8H,4-7,9H2,1-3H3. The third-order valence-corrected chi connectivity index (χ3v) is 3.78. The zero-order valence-electron chi connectivity index (χ0n) is 11.2. The van der Waals surface area contributed by atoms with Crippen molar-refractivity contribution in [1.29, 1.82) is 0 Å². The van der Waals surface area contributed by atoms with Gasteiger partial charge in [0.15, 0.2) is 0 Å². The Morgan fingerprint density at radius 3 is 2.61 bits per heavy atom. The molecule has 2 rings (SSSR count). The summed E-state index contributed by atoms with van der Waals surface area (Å²) in [6, 6.07) is 0. The molecule has 1 aromatic heterocycles. The normalized spacial score (nSPS) is 20.1. The minimum absolute atomic E-state index is 0.0645. The van der Waals surface area contributed by atoms with Crippen LogP contribution in [0.2, 0.25) is 0 Å². The number of aromatic nitrogens is 2. The van der Waals surface area contributed by atoms with Crippen LogP contribution in [0.25, 0.3) is 0 Å². The molecule has 0 unspecified atom stereocenters. The molecule has 0 N–H and O–H groups in total. The van der Waals surface area contributed by atoms with Gasteiger partial charge >= 0.3 is 0 Å². The molecule has 1 aliphatic rings. The predicted octanol–water partition coefficient (Wildman–Crippen LogP) is 3.30. The number of halogens is 2. The third-order valence-electron chi connectivity index (χ3n) is 3.26. The summed E-state index contributed by atoms with van der Waals surface area (Å²) in [6.45, 7) is 7.75. The summed E-state index contributed by atoms with van der Waals surface area (Å²) in [5.74, 6) is 0.954. The third kappa shape index (κ3) is 3.23. The molecule has 0 spiro atoms. The first kappa shape index (κ1) is 14.2. The van der Waals surface area contributed by atoms with Crippen molar-refractivity contribution in [1.82, 2.24) is 9.55 Å². The molecule has 102 valence electrons. The van der Waals surface area contributed by atoms with Gasteiger partial charge in [-0.1, -0.05) is 20.8 Å². The Morgan fingerprint density at radius 1 is 1.44 bits per heavy atom. The molecule has 0 bridgehead atoms. The number of hydrogen-bond donors (Lipinski definition) is 0. The molecule has 1 saturated heterocycles. The van der Waals surface area contributed by atoms with Crippen LogP contribution in [0.5, 0.6) is 0 Å². The molecule has 0 atom stereocenters. The molecule has 1 aliphatic heterocycles. The fourth-order valence-corrected chi connectivity index (χ4v) is 2.87. The van der Waals surface area contributed by atoms with E-state index in [0.29, 0.717) is 32.6 Å². The largest absolute Gasteiger partial charge is 0.381 e. The van der Waals surface area contributed by atoms with E-state index in [4.69, 9.17) is 4.74 Å². The molecular weight excluding hydrogens is 346 g/mol. The second-order valence-corrected chi connectivity index (χ2v) is 7.13. The van der Waals surface area contributed by atoms with E-state index >= 15 is 0 Å². The van der Waals surface area contributed by atoms with Gasteiger partial charge in [-0.2, -0.15) is 0 Å². The van der Waals surface area contributed by atoms with Crippen LogP contribution in [0.3, 0.4) is 0 Å². The second kappa shape index (κ2) is 5.07. The Bertz CT molecular complexity index is 419. The number of imidazole rings is 1. The molecule has 0 saturated carbocycles. The van der Waals surface area contributed by atoms with Gasteiger partial charge in [-0.25, -0.2) is 9.37 Å². The summed E-state index contributed by atoms with van der Waals surface area (Å²) in [6.07, 6.45) is 2.90. The maximum absolute atomic E-state index is 14.7. The summed E-state index contributed by atoms with van der Waals surface area (Å²) >= 11 is 2.19. The Morgan fingerprint density at radius 2 is 2.06 bits per heavy atom. The van der Waals surface area contributed by atoms with Gasteiger partial charge in [-0.15, -0.1) is 0 Å². The van der Waals surface area contributed by atoms with Crippen molar-refractivity contribution in [2.45, 2.75) is 51.2 Å². The van der Waals surface area contributed by atoms with Crippen LogP contribution < -0.4 is 0 Å². The lowest BCUT2D eigenvalue weighted by Crippen LogP contribution is -2.37. The van der Waals surface area contributed by atoms with Crippen LogP contribution in [0.1, 0.15) is 39.4 Å². The molecule has 1 aromatic rings. The van der Waals surface area contributed by atoms with Crippen molar-refractivity contribution < 1.29 is 9.13 Å². The average molecular weight is 366 g/mol. The van der Waals surface area contributed by atoms with Crippen LogP contribution in [0.4, 0.5) is 4.39 Å². The number of rotatable bonds is 2. The van der Waals surface area contributed by atoms with Gasteiger partial charge in [0.2, 0.25) is 0 Å². The van der Waals surface area contributed by atoms with Crippen molar-refractivity contribution in [3.8, 4) is 0 Å². The van der Waals surface area contributed by atoms with Gasteiger partial charge in [-0.3, -0.25) is 0 Å². The topological polar surface area (TPSA) is 27.1 Å². The van der Waals surface area contributed by atoms with Gasteiger partial charge in [0.1, 0.15) is 15.2 Å². The fraction of sp³-hybridized carbons (Fsp3) is 0.769. The number of nitrogens with zero attached hydrogens (tertiary/aromatic N) is 2. The molecule has 5 heteroatoms.